The lowest BCUT2D eigenvalue weighted by atomic mass is 10.1. The monoisotopic (exact) mass is 282 g/mol. The summed E-state index contributed by atoms with van der Waals surface area (Å²) in [7, 11) is 3.82. The van der Waals surface area contributed by atoms with Crippen LogP contribution in [0.1, 0.15) is 17.3 Å². The van der Waals surface area contributed by atoms with Crippen LogP contribution in [0.25, 0.3) is 5.69 Å². The summed E-state index contributed by atoms with van der Waals surface area (Å²) in [4.78, 5) is 0. The van der Waals surface area contributed by atoms with E-state index in [-0.39, 0.29) is 6.04 Å². The van der Waals surface area contributed by atoms with Crippen LogP contribution in [0.3, 0.4) is 0 Å². The fraction of sp³-hybridized carbons (Fsp3) is 0.267. The fourth-order valence-corrected chi connectivity index (χ4v) is 2.32. The molecule has 6 nitrogen and oxygen atoms in total. The Morgan fingerprint density at radius 1 is 1.19 bits per heavy atom. The van der Waals surface area contributed by atoms with E-state index >= 15 is 0 Å². The summed E-state index contributed by atoms with van der Waals surface area (Å²) in [5.74, 6) is 0. The third-order valence-corrected chi connectivity index (χ3v) is 3.44. The third-order valence-electron chi connectivity index (χ3n) is 3.44. The number of aromatic nitrogens is 5. The van der Waals surface area contributed by atoms with Gasteiger partial charge in [0.15, 0.2) is 0 Å². The van der Waals surface area contributed by atoms with Gasteiger partial charge < -0.3 is 5.32 Å². The van der Waals surface area contributed by atoms with Crippen LogP contribution in [0.2, 0.25) is 0 Å². The van der Waals surface area contributed by atoms with Gasteiger partial charge in [-0.05, 0) is 19.2 Å². The topological polar surface area (TPSA) is 60.6 Å². The van der Waals surface area contributed by atoms with E-state index in [1.807, 2.05) is 67.7 Å². The smallest absolute Gasteiger partial charge is 0.0845 e. The van der Waals surface area contributed by atoms with Gasteiger partial charge in [0.2, 0.25) is 0 Å². The number of likely N-dealkylation sites (N-methyl/N-ethyl adjacent to an activating group) is 1. The van der Waals surface area contributed by atoms with Crippen LogP contribution < -0.4 is 5.32 Å². The Hall–Kier alpha value is -2.47. The molecule has 0 saturated carbocycles. The minimum Gasteiger partial charge on any atom is -0.313 e. The van der Waals surface area contributed by atoms with Crippen molar-refractivity contribution in [2.45, 2.75) is 12.5 Å². The molecule has 1 unspecified atom stereocenters. The average molecular weight is 282 g/mol. The van der Waals surface area contributed by atoms with Crippen LogP contribution in [-0.2, 0) is 13.5 Å². The van der Waals surface area contributed by atoms with Crippen LogP contribution in [0.15, 0.2) is 48.9 Å². The van der Waals surface area contributed by atoms with E-state index < -0.39 is 0 Å². The third kappa shape index (κ3) is 3.00. The molecule has 0 radical (unpaired) electrons. The molecule has 0 bridgehead atoms. The van der Waals surface area contributed by atoms with Crippen molar-refractivity contribution in [1.82, 2.24) is 30.1 Å². The highest BCUT2D eigenvalue weighted by atomic mass is 15.4. The second-order valence-corrected chi connectivity index (χ2v) is 4.98. The van der Waals surface area contributed by atoms with Gasteiger partial charge in [-0.3, -0.25) is 4.68 Å². The van der Waals surface area contributed by atoms with Gasteiger partial charge in [0, 0.05) is 37.5 Å². The van der Waals surface area contributed by atoms with Crippen molar-refractivity contribution >= 4 is 0 Å². The number of para-hydroxylation sites is 1. The molecule has 0 aliphatic carbocycles. The van der Waals surface area contributed by atoms with Gasteiger partial charge in [-0.15, -0.1) is 5.10 Å². The number of rotatable bonds is 5. The molecule has 2 aromatic heterocycles. The van der Waals surface area contributed by atoms with Gasteiger partial charge in [0.25, 0.3) is 0 Å². The van der Waals surface area contributed by atoms with E-state index in [2.05, 4.69) is 20.7 Å². The summed E-state index contributed by atoms with van der Waals surface area (Å²) >= 11 is 0. The predicted octanol–water partition coefficient (Wildman–Crippen LogP) is 1.50. The molecule has 3 rings (SSSR count). The molecule has 0 aliphatic heterocycles. The first-order chi connectivity index (χ1) is 10.3. The van der Waals surface area contributed by atoms with Crippen LogP contribution in [0, 0.1) is 0 Å². The molecule has 1 atom stereocenters. The summed E-state index contributed by atoms with van der Waals surface area (Å²) in [5, 5.41) is 15.9. The van der Waals surface area contributed by atoms with Crippen molar-refractivity contribution in [3.8, 4) is 5.69 Å². The largest absolute Gasteiger partial charge is 0.313 e. The van der Waals surface area contributed by atoms with E-state index in [1.54, 1.807) is 4.68 Å². The van der Waals surface area contributed by atoms with Crippen molar-refractivity contribution in [2.24, 2.45) is 7.05 Å². The lowest BCUT2D eigenvalue weighted by Gasteiger charge is -2.12. The molecule has 0 amide bonds. The molecule has 21 heavy (non-hydrogen) atoms. The van der Waals surface area contributed by atoms with E-state index in [9.17, 15) is 0 Å². The predicted molar refractivity (Wildman–Crippen MR) is 80.1 cm³/mol. The highest BCUT2D eigenvalue weighted by molar-refractivity contribution is 5.31. The Morgan fingerprint density at radius 3 is 2.67 bits per heavy atom. The molecule has 0 spiro atoms. The van der Waals surface area contributed by atoms with Crippen molar-refractivity contribution in [3.05, 3.63) is 60.2 Å². The lowest BCUT2D eigenvalue weighted by molar-refractivity contribution is 0.583. The number of benzene rings is 1. The van der Waals surface area contributed by atoms with Crippen molar-refractivity contribution in [2.75, 3.05) is 7.05 Å². The summed E-state index contributed by atoms with van der Waals surface area (Å²) in [5.41, 5.74) is 3.15. The van der Waals surface area contributed by atoms with E-state index in [0.29, 0.717) is 0 Å². The highest BCUT2D eigenvalue weighted by Crippen LogP contribution is 2.18. The van der Waals surface area contributed by atoms with Crippen LogP contribution in [0.5, 0.6) is 0 Å². The molecule has 1 aromatic carbocycles. The van der Waals surface area contributed by atoms with Crippen LogP contribution >= 0.6 is 0 Å². The van der Waals surface area contributed by atoms with E-state index in [1.165, 1.54) is 0 Å². The minimum absolute atomic E-state index is 0.166. The van der Waals surface area contributed by atoms with Crippen LogP contribution in [-0.4, -0.2) is 31.8 Å². The van der Waals surface area contributed by atoms with Gasteiger partial charge in [0.05, 0.1) is 17.6 Å². The molecule has 2 heterocycles. The Labute approximate surface area is 123 Å². The standard InChI is InChI=1S/C15H18N6/c1-16-15(8-13-11-20(2)19-18-13)12-9-17-21(10-12)14-6-4-3-5-7-14/h3-7,9-11,15-16H,8H2,1-2H3. The zero-order valence-electron chi connectivity index (χ0n) is 12.1. The summed E-state index contributed by atoms with van der Waals surface area (Å²) in [6.07, 6.45) is 6.66. The maximum Gasteiger partial charge on any atom is 0.0845 e. The van der Waals surface area contributed by atoms with Gasteiger partial charge in [0.1, 0.15) is 0 Å². The molecular weight excluding hydrogens is 264 g/mol. The zero-order chi connectivity index (χ0) is 14.7. The fourth-order valence-electron chi connectivity index (χ4n) is 2.32. The normalized spacial score (nSPS) is 12.5. The molecule has 0 aliphatic rings. The number of nitrogens with one attached hydrogen (secondary N) is 1. The first kappa shape index (κ1) is 13.5. The molecule has 3 aromatic rings. The molecule has 6 heteroatoms. The highest BCUT2D eigenvalue weighted by Gasteiger charge is 2.14. The van der Waals surface area contributed by atoms with Gasteiger partial charge in [-0.2, -0.15) is 5.10 Å². The number of hydrogen-bond donors (Lipinski definition) is 1. The van der Waals surface area contributed by atoms with Gasteiger partial charge >= 0.3 is 0 Å². The number of hydrogen-bond acceptors (Lipinski definition) is 4. The zero-order valence-corrected chi connectivity index (χ0v) is 12.1. The molecule has 0 fully saturated rings. The first-order valence-corrected chi connectivity index (χ1v) is 6.88. The summed E-state index contributed by atoms with van der Waals surface area (Å²) < 4.78 is 3.60. The maximum absolute atomic E-state index is 4.44. The number of aryl methyl sites for hydroxylation is 1. The minimum atomic E-state index is 0.166. The molecular formula is C15H18N6. The van der Waals surface area contributed by atoms with E-state index in [0.717, 1.165) is 23.4 Å². The quantitative estimate of drug-likeness (QED) is 0.770. The molecule has 0 saturated heterocycles. The number of nitrogens with zero attached hydrogens (tertiary/aromatic N) is 5. The Morgan fingerprint density at radius 2 is 2.00 bits per heavy atom. The van der Waals surface area contributed by atoms with Gasteiger partial charge in [-0.25, -0.2) is 4.68 Å². The van der Waals surface area contributed by atoms with Gasteiger partial charge in [-0.1, -0.05) is 23.4 Å². The first-order valence-electron chi connectivity index (χ1n) is 6.88. The SMILES string of the molecule is CNC(Cc1cn(C)nn1)c1cnn(-c2ccccc2)c1. The summed E-state index contributed by atoms with van der Waals surface area (Å²) in [6.45, 7) is 0. The van der Waals surface area contributed by atoms with Crippen molar-refractivity contribution < 1.29 is 0 Å². The maximum atomic E-state index is 4.44. The Bertz CT molecular complexity index is 700. The van der Waals surface area contributed by atoms with Crippen molar-refractivity contribution in [3.63, 3.8) is 0 Å². The van der Waals surface area contributed by atoms with Crippen LogP contribution in [0.4, 0.5) is 0 Å². The second-order valence-electron chi connectivity index (χ2n) is 4.98. The van der Waals surface area contributed by atoms with E-state index in [4.69, 9.17) is 0 Å². The Balaban J connectivity index is 1.80. The lowest BCUT2D eigenvalue weighted by Crippen LogP contribution is -2.18. The average Bonchev–Trinajstić information content (AvgIpc) is 3.15. The Kier molecular flexibility index (Phi) is 3.79. The van der Waals surface area contributed by atoms with Crippen molar-refractivity contribution in [1.29, 1.82) is 0 Å². The molecule has 108 valence electrons. The second kappa shape index (κ2) is 5.88. The molecule has 1 N–H and O–H groups in total. The summed E-state index contributed by atoms with van der Waals surface area (Å²) in [6, 6.07) is 10.2.